The fourth-order valence-corrected chi connectivity index (χ4v) is 3.02. The van der Waals surface area contributed by atoms with Gasteiger partial charge in [0.2, 0.25) is 0 Å². The molecule has 2 heterocycles. The molecule has 21 heavy (non-hydrogen) atoms. The molecule has 0 aromatic carbocycles. The number of hydrogen-bond acceptors (Lipinski definition) is 3. The zero-order chi connectivity index (χ0) is 14.8. The van der Waals surface area contributed by atoms with E-state index in [1.54, 1.807) is 4.90 Å². The van der Waals surface area contributed by atoms with Crippen molar-refractivity contribution in [2.75, 3.05) is 18.4 Å². The molecule has 0 radical (unpaired) electrons. The summed E-state index contributed by atoms with van der Waals surface area (Å²) in [7, 11) is 0. The number of pyridine rings is 1. The highest BCUT2D eigenvalue weighted by molar-refractivity contribution is 5.89. The lowest BCUT2D eigenvalue weighted by Crippen LogP contribution is -2.34. The molecular formula is C15H19N3O3. The number of likely N-dealkylation sites (tertiary alicyclic amines) is 1. The normalized spacial score (nSPS) is 21.0. The summed E-state index contributed by atoms with van der Waals surface area (Å²) < 4.78 is 0. The summed E-state index contributed by atoms with van der Waals surface area (Å²) in [6, 6.07) is 1.68. The van der Waals surface area contributed by atoms with E-state index in [2.05, 4.69) is 10.3 Å². The van der Waals surface area contributed by atoms with E-state index >= 15 is 0 Å². The van der Waals surface area contributed by atoms with E-state index in [0.29, 0.717) is 18.8 Å². The maximum Gasteiger partial charge on any atom is 0.323 e. The highest BCUT2D eigenvalue weighted by Crippen LogP contribution is 2.23. The molecule has 2 N–H and O–H groups in total. The number of nitrogens with one attached hydrogen (secondary N) is 1. The molecular weight excluding hydrogens is 270 g/mol. The monoisotopic (exact) mass is 289 g/mol. The Hall–Kier alpha value is -2.11. The number of anilines is 1. The van der Waals surface area contributed by atoms with Crippen LogP contribution in [0.2, 0.25) is 0 Å². The van der Waals surface area contributed by atoms with Crippen LogP contribution in [0.1, 0.15) is 30.4 Å². The molecule has 1 aliphatic heterocycles. The Labute approximate surface area is 123 Å². The molecule has 0 saturated carbocycles. The van der Waals surface area contributed by atoms with Crippen molar-refractivity contribution in [1.29, 1.82) is 0 Å². The van der Waals surface area contributed by atoms with E-state index in [-0.39, 0.29) is 12.6 Å². The lowest BCUT2D eigenvalue weighted by molar-refractivity contribution is -0.141. The van der Waals surface area contributed by atoms with Gasteiger partial charge in [-0.3, -0.25) is 10.1 Å². The summed E-state index contributed by atoms with van der Waals surface area (Å²) in [4.78, 5) is 28.9. The second-order valence-corrected chi connectivity index (χ2v) is 5.75. The number of aromatic nitrogens is 1. The molecule has 112 valence electrons. The van der Waals surface area contributed by atoms with Crippen LogP contribution in [0.4, 0.5) is 10.6 Å². The number of urea groups is 1. The quantitative estimate of drug-likeness (QED) is 0.871. The van der Waals surface area contributed by atoms with Crippen LogP contribution in [-0.2, 0) is 17.6 Å². The largest absolute Gasteiger partial charge is 0.481 e. The van der Waals surface area contributed by atoms with E-state index in [4.69, 9.17) is 5.11 Å². The zero-order valence-corrected chi connectivity index (χ0v) is 11.8. The molecule has 1 atom stereocenters. The summed E-state index contributed by atoms with van der Waals surface area (Å²) in [6.45, 7) is 0.750. The van der Waals surface area contributed by atoms with Crippen LogP contribution in [0.25, 0.3) is 0 Å². The Bertz CT molecular complexity index is 573. The SMILES string of the molecule is O=C(O)C1CCN(C(=O)Nc2cc3c(cn2)CCCC3)C1. The van der Waals surface area contributed by atoms with Gasteiger partial charge in [-0.25, -0.2) is 9.78 Å². The molecule has 1 aliphatic carbocycles. The number of carbonyl (C=O) groups excluding carboxylic acids is 1. The van der Waals surface area contributed by atoms with Gasteiger partial charge in [-0.05, 0) is 49.3 Å². The molecule has 2 amide bonds. The van der Waals surface area contributed by atoms with Gasteiger partial charge >= 0.3 is 12.0 Å². The number of carboxylic acid groups (broad SMARTS) is 1. The van der Waals surface area contributed by atoms with E-state index in [1.807, 2.05) is 12.3 Å². The smallest absolute Gasteiger partial charge is 0.323 e. The Balaban J connectivity index is 1.64. The number of hydrogen-bond donors (Lipinski definition) is 2. The second-order valence-electron chi connectivity index (χ2n) is 5.75. The maximum atomic E-state index is 12.1. The minimum atomic E-state index is -0.836. The average molecular weight is 289 g/mol. The van der Waals surface area contributed by atoms with Crippen LogP contribution in [0.5, 0.6) is 0 Å². The molecule has 0 bridgehead atoms. The predicted octanol–water partition coefficient (Wildman–Crippen LogP) is 1.90. The van der Waals surface area contributed by atoms with Crippen molar-refractivity contribution in [3.63, 3.8) is 0 Å². The van der Waals surface area contributed by atoms with Gasteiger partial charge in [0.05, 0.1) is 5.92 Å². The summed E-state index contributed by atoms with van der Waals surface area (Å²) in [5.74, 6) is -0.733. The fourth-order valence-electron chi connectivity index (χ4n) is 3.02. The first-order valence-electron chi connectivity index (χ1n) is 7.40. The number of rotatable bonds is 2. The minimum Gasteiger partial charge on any atom is -0.481 e. The summed E-state index contributed by atoms with van der Waals surface area (Å²) in [5.41, 5.74) is 2.53. The second kappa shape index (κ2) is 5.71. The first-order valence-corrected chi connectivity index (χ1v) is 7.40. The number of nitrogens with zero attached hydrogens (tertiary/aromatic N) is 2. The van der Waals surface area contributed by atoms with Crippen molar-refractivity contribution in [3.05, 3.63) is 23.4 Å². The van der Waals surface area contributed by atoms with Crippen molar-refractivity contribution >= 4 is 17.8 Å². The lowest BCUT2D eigenvalue weighted by Gasteiger charge is -2.19. The van der Waals surface area contributed by atoms with Gasteiger partial charge in [0.1, 0.15) is 5.82 Å². The molecule has 6 nitrogen and oxygen atoms in total. The summed E-state index contributed by atoms with van der Waals surface area (Å²) in [6.07, 6.45) is 6.82. The number of aryl methyl sites for hydroxylation is 2. The maximum absolute atomic E-state index is 12.1. The molecule has 1 saturated heterocycles. The van der Waals surface area contributed by atoms with Crippen molar-refractivity contribution in [2.24, 2.45) is 5.92 Å². The van der Waals surface area contributed by atoms with Gasteiger partial charge in [0.15, 0.2) is 0 Å². The van der Waals surface area contributed by atoms with Gasteiger partial charge in [0, 0.05) is 19.3 Å². The van der Waals surface area contributed by atoms with Crippen molar-refractivity contribution in [2.45, 2.75) is 32.1 Å². The molecule has 1 unspecified atom stereocenters. The minimum absolute atomic E-state index is 0.262. The zero-order valence-electron chi connectivity index (χ0n) is 11.8. The van der Waals surface area contributed by atoms with Crippen LogP contribution in [0.15, 0.2) is 12.3 Å². The lowest BCUT2D eigenvalue weighted by atomic mass is 9.93. The van der Waals surface area contributed by atoms with E-state index < -0.39 is 11.9 Å². The Kier molecular flexibility index (Phi) is 3.77. The van der Waals surface area contributed by atoms with Gasteiger partial charge in [-0.15, -0.1) is 0 Å². The highest BCUT2D eigenvalue weighted by atomic mass is 16.4. The highest BCUT2D eigenvalue weighted by Gasteiger charge is 2.31. The Morgan fingerprint density at radius 3 is 2.76 bits per heavy atom. The number of carboxylic acids is 1. The third-order valence-electron chi connectivity index (χ3n) is 4.28. The third-order valence-corrected chi connectivity index (χ3v) is 4.28. The van der Waals surface area contributed by atoms with Crippen LogP contribution in [-0.4, -0.2) is 40.1 Å². The van der Waals surface area contributed by atoms with E-state index in [1.165, 1.54) is 24.0 Å². The van der Waals surface area contributed by atoms with Crippen LogP contribution < -0.4 is 5.32 Å². The number of fused-ring (bicyclic) bond motifs is 1. The number of carbonyl (C=O) groups is 2. The number of amides is 2. The van der Waals surface area contributed by atoms with Gasteiger partial charge < -0.3 is 10.0 Å². The molecule has 1 fully saturated rings. The summed E-state index contributed by atoms with van der Waals surface area (Å²) >= 11 is 0. The standard InChI is InChI=1S/C15H19N3O3/c19-14(20)12-5-6-18(9-12)15(21)17-13-7-10-3-1-2-4-11(10)8-16-13/h7-8,12H,1-6,9H2,(H,19,20)(H,16,17,21). The van der Waals surface area contributed by atoms with Gasteiger partial charge in [-0.2, -0.15) is 0 Å². The van der Waals surface area contributed by atoms with Crippen LogP contribution >= 0.6 is 0 Å². The first-order chi connectivity index (χ1) is 10.1. The molecule has 3 rings (SSSR count). The van der Waals surface area contributed by atoms with Crippen molar-refractivity contribution in [1.82, 2.24) is 9.88 Å². The number of aliphatic carboxylic acids is 1. The molecule has 1 aromatic heterocycles. The average Bonchev–Trinajstić information content (AvgIpc) is 2.97. The fraction of sp³-hybridized carbons (Fsp3) is 0.533. The topological polar surface area (TPSA) is 82.5 Å². The molecule has 0 spiro atoms. The predicted molar refractivity (Wildman–Crippen MR) is 77.2 cm³/mol. The summed E-state index contributed by atoms with van der Waals surface area (Å²) in [5, 5.41) is 11.7. The van der Waals surface area contributed by atoms with E-state index in [9.17, 15) is 9.59 Å². The third kappa shape index (κ3) is 2.99. The van der Waals surface area contributed by atoms with Crippen molar-refractivity contribution < 1.29 is 14.7 Å². The molecule has 1 aromatic rings. The van der Waals surface area contributed by atoms with E-state index in [0.717, 1.165) is 12.8 Å². The van der Waals surface area contributed by atoms with Crippen LogP contribution in [0.3, 0.4) is 0 Å². The molecule has 6 heteroatoms. The van der Waals surface area contributed by atoms with Crippen LogP contribution in [0, 0.1) is 5.92 Å². The molecule has 2 aliphatic rings. The van der Waals surface area contributed by atoms with Gasteiger partial charge in [-0.1, -0.05) is 0 Å². The van der Waals surface area contributed by atoms with Gasteiger partial charge in [0.25, 0.3) is 0 Å². The Morgan fingerprint density at radius 2 is 2.05 bits per heavy atom. The van der Waals surface area contributed by atoms with Crippen molar-refractivity contribution in [3.8, 4) is 0 Å². The first kappa shape index (κ1) is 13.9. The Morgan fingerprint density at radius 1 is 1.29 bits per heavy atom.